The van der Waals surface area contributed by atoms with Crippen molar-refractivity contribution in [3.63, 3.8) is 0 Å². The van der Waals surface area contributed by atoms with Crippen LogP contribution in [0.2, 0.25) is 5.02 Å². The van der Waals surface area contributed by atoms with Crippen LogP contribution >= 0.6 is 11.6 Å². The Morgan fingerprint density at radius 1 is 1.47 bits per heavy atom. The first kappa shape index (κ1) is 10.2. The lowest BCUT2D eigenvalue weighted by molar-refractivity contribution is -0.113. The molecule has 0 N–H and O–H groups in total. The molecule has 0 spiro atoms. The normalized spacial score (nSPS) is 13.9. The fraction of sp³-hybridized carbons (Fsp3) is 0.250. The van der Waals surface area contributed by atoms with Gasteiger partial charge in [-0.05, 0) is 37.6 Å². The SMILES string of the molecule is CC(=O)C1=Cc2cc(Cl)c(C)cc2OC1. The first-order valence-corrected chi connectivity index (χ1v) is 5.10. The van der Waals surface area contributed by atoms with Gasteiger partial charge in [-0.15, -0.1) is 0 Å². The van der Waals surface area contributed by atoms with Crippen molar-refractivity contribution in [3.8, 4) is 5.75 Å². The molecular formula is C12H11ClO2. The summed E-state index contributed by atoms with van der Waals surface area (Å²) in [5, 5.41) is 0.693. The topological polar surface area (TPSA) is 26.3 Å². The molecule has 2 rings (SSSR count). The largest absolute Gasteiger partial charge is 0.488 e. The molecule has 0 unspecified atom stereocenters. The van der Waals surface area contributed by atoms with Crippen molar-refractivity contribution in [1.29, 1.82) is 0 Å². The summed E-state index contributed by atoms with van der Waals surface area (Å²) in [6.07, 6.45) is 1.84. The predicted molar refractivity (Wildman–Crippen MR) is 60.3 cm³/mol. The highest BCUT2D eigenvalue weighted by atomic mass is 35.5. The van der Waals surface area contributed by atoms with Crippen LogP contribution in [0, 0.1) is 6.92 Å². The van der Waals surface area contributed by atoms with Gasteiger partial charge in [0, 0.05) is 16.2 Å². The van der Waals surface area contributed by atoms with Gasteiger partial charge in [0.15, 0.2) is 5.78 Å². The molecule has 0 saturated carbocycles. The van der Waals surface area contributed by atoms with E-state index in [1.54, 1.807) is 0 Å². The van der Waals surface area contributed by atoms with E-state index in [9.17, 15) is 4.79 Å². The maximum absolute atomic E-state index is 11.2. The molecule has 1 heterocycles. The lowest BCUT2D eigenvalue weighted by Crippen LogP contribution is -2.12. The molecule has 1 aromatic rings. The van der Waals surface area contributed by atoms with Crippen LogP contribution in [0.15, 0.2) is 17.7 Å². The smallest absolute Gasteiger partial charge is 0.159 e. The second-order valence-corrected chi connectivity index (χ2v) is 4.06. The van der Waals surface area contributed by atoms with Crippen molar-refractivity contribution in [2.45, 2.75) is 13.8 Å². The number of hydrogen-bond donors (Lipinski definition) is 0. The molecule has 78 valence electrons. The number of hydrogen-bond acceptors (Lipinski definition) is 2. The fourth-order valence-electron chi connectivity index (χ4n) is 1.50. The molecule has 0 amide bonds. The van der Waals surface area contributed by atoms with Gasteiger partial charge < -0.3 is 4.74 Å². The molecule has 2 nitrogen and oxygen atoms in total. The Morgan fingerprint density at radius 2 is 2.20 bits per heavy atom. The summed E-state index contributed by atoms with van der Waals surface area (Å²) >= 11 is 6.00. The highest BCUT2D eigenvalue weighted by molar-refractivity contribution is 6.31. The zero-order chi connectivity index (χ0) is 11.0. The number of ketones is 1. The van der Waals surface area contributed by atoms with Gasteiger partial charge in [0.25, 0.3) is 0 Å². The third kappa shape index (κ3) is 1.90. The monoisotopic (exact) mass is 222 g/mol. The van der Waals surface area contributed by atoms with Gasteiger partial charge in [0.05, 0.1) is 0 Å². The van der Waals surface area contributed by atoms with Crippen LogP contribution in [0.5, 0.6) is 5.75 Å². The number of carbonyl (C=O) groups excluding carboxylic acids is 1. The number of benzene rings is 1. The number of carbonyl (C=O) groups is 1. The second-order valence-electron chi connectivity index (χ2n) is 3.65. The van der Waals surface area contributed by atoms with Gasteiger partial charge in [0.2, 0.25) is 0 Å². The van der Waals surface area contributed by atoms with Gasteiger partial charge >= 0.3 is 0 Å². The van der Waals surface area contributed by atoms with Crippen LogP contribution in [0.1, 0.15) is 18.1 Å². The maximum Gasteiger partial charge on any atom is 0.159 e. The van der Waals surface area contributed by atoms with E-state index in [4.69, 9.17) is 16.3 Å². The molecule has 0 saturated heterocycles. The fourth-order valence-corrected chi connectivity index (χ4v) is 1.67. The van der Waals surface area contributed by atoms with Crippen LogP contribution in [-0.2, 0) is 4.79 Å². The molecular weight excluding hydrogens is 212 g/mol. The first-order valence-electron chi connectivity index (χ1n) is 4.72. The molecule has 15 heavy (non-hydrogen) atoms. The third-order valence-corrected chi connectivity index (χ3v) is 2.86. The average molecular weight is 223 g/mol. The number of fused-ring (bicyclic) bond motifs is 1. The Morgan fingerprint density at radius 3 is 2.87 bits per heavy atom. The highest BCUT2D eigenvalue weighted by Gasteiger charge is 2.15. The summed E-state index contributed by atoms with van der Waals surface area (Å²) in [7, 11) is 0. The zero-order valence-corrected chi connectivity index (χ0v) is 9.39. The lowest BCUT2D eigenvalue weighted by atomic mass is 10.0. The van der Waals surface area contributed by atoms with Crippen molar-refractivity contribution in [3.05, 3.63) is 33.9 Å². The quantitative estimate of drug-likeness (QED) is 0.730. The molecule has 0 radical (unpaired) electrons. The van der Waals surface area contributed by atoms with E-state index >= 15 is 0 Å². The Hall–Kier alpha value is -1.28. The standard InChI is InChI=1S/C12H11ClO2/c1-7-3-12-9(5-11(7)13)4-10(6-15-12)8(2)14/h3-5H,6H2,1-2H3. The zero-order valence-electron chi connectivity index (χ0n) is 8.63. The Bertz CT molecular complexity index is 461. The van der Waals surface area contributed by atoms with Gasteiger partial charge in [-0.25, -0.2) is 0 Å². The average Bonchev–Trinajstić information content (AvgIpc) is 2.19. The molecule has 0 aromatic heterocycles. The van der Waals surface area contributed by atoms with Crippen molar-refractivity contribution in [2.75, 3.05) is 6.61 Å². The van der Waals surface area contributed by atoms with Crippen molar-refractivity contribution < 1.29 is 9.53 Å². The Labute approximate surface area is 93.5 Å². The summed E-state index contributed by atoms with van der Waals surface area (Å²) in [5.41, 5.74) is 2.54. The van der Waals surface area contributed by atoms with Crippen LogP contribution in [0.25, 0.3) is 6.08 Å². The van der Waals surface area contributed by atoms with Crippen molar-refractivity contribution in [1.82, 2.24) is 0 Å². The molecule has 1 aromatic carbocycles. The summed E-state index contributed by atoms with van der Waals surface area (Å²) in [5.74, 6) is 0.833. The number of rotatable bonds is 1. The number of Topliss-reactive ketones (excluding diaryl/α,β-unsaturated/α-hetero) is 1. The molecule has 0 aliphatic carbocycles. The van der Waals surface area contributed by atoms with E-state index in [1.807, 2.05) is 25.1 Å². The summed E-state index contributed by atoms with van der Waals surface area (Å²) in [6.45, 7) is 3.82. The minimum absolute atomic E-state index is 0.0392. The van der Waals surface area contributed by atoms with Gasteiger partial charge in [-0.1, -0.05) is 11.6 Å². The summed E-state index contributed by atoms with van der Waals surface area (Å²) < 4.78 is 5.49. The minimum Gasteiger partial charge on any atom is -0.488 e. The van der Waals surface area contributed by atoms with Crippen LogP contribution in [-0.4, -0.2) is 12.4 Å². The summed E-state index contributed by atoms with van der Waals surface area (Å²) in [4.78, 5) is 11.2. The molecule has 0 bridgehead atoms. The molecule has 1 aliphatic heterocycles. The van der Waals surface area contributed by atoms with E-state index < -0.39 is 0 Å². The number of halogens is 1. The lowest BCUT2D eigenvalue weighted by Gasteiger charge is -2.17. The van der Waals surface area contributed by atoms with Crippen LogP contribution < -0.4 is 4.74 Å². The second kappa shape index (κ2) is 3.70. The van der Waals surface area contributed by atoms with E-state index in [0.29, 0.717) is 17.2 Å². The van der Waals surface area contributed by atoms with Gasteiger partial charge in [-0.3, -0.25) is 4.79 Å². The van der Waals surface area contributed by atoms with E-state index in [-0.39, 0.29) is 5.78 Å². The maximum atomic E-state index is 11.2. The number of aryl methyl sites for hydroxylation is 1. The van der Waals surface area contributed by atoms with Crippen molar-refractivity contribution in [2.24, 2.45) is 0 Å². The van der Waals surface area contributed by atoms with E-state index in [1.165, 1.54) is 6.92 Å². The molecule has 3 heteroatoms. The predicted octanol–water partition coefficient (Wildman–Crippen LogP) is 3.01. The van der Waals surface area contributed by atoms with Crippen molar-refractivity contribution >= 4 is 23.5 Å². The molecule has 0 fully saturated rings. The first-order chi connectivity index (χ1) is 7.08. The number of ether oxygens (including phenoxy) is 1. The highest BCUT2D eigenvalue weighted by Crippen LogP contribution is 2.31. The Balaban J connectivity index is 2.51. The minimum atomic E-state index is 0.0392. The van der Waals surface area contributed by atoms with Gasteiger partial charge in [-0.2, -0.15) is 0 Å². The Kier molecular flexibility index (Phi) is 2.53. The third-order valence-electron chi connectivity index (χ3n) is 2.46. The summed E-state index contributed by atoms with van der Waals surface area (Å²) in [6, 6.07) is 3.72. The van der Waals surface area contributed by atoms with Crippen LogP contribution in [0.4, 0.5) is 0 Å². The van der Waals surface area contributed by atoms with E-state index in [0.717, 1.165) is 16.9 Å². The molecule has 0 atom stereocenters. The van der Waals surface area contributed by atoms with Gasteiger partial charge in [0.1, 0.15) is 12.4 Å². The van der Waals surface area contributed by atoms with E-state index in [2.05, 4.69) is 0 Å². The van der Waals surface area contributed by atoms with Crippen LogP contribution in [0.3, 0.4) is 0 Å². The molecule has 1 aliphatic rings.